The standard InChI is InChI=1S/C13H16O4S/c1-10(14)16-12-9-18-13(17-12)8-15-7-11-5-3-2-4-6-11/h2-6,12-13H,7-9H2,1H3/t12-,13+/m1/s1. The molecule has 5 heteroatoms. The number of ether oxygens (including phenoxy) is 3. The van der Waals surface area contributed by atoms with Gasteiger partial charge in [-0.15, -0.1) is 11.8 Å². The van der Waals surface area contributed by atoms with Crippen molar-refractivity contribution in [3.8, 4) is 0 Å². The summed E-state index contributed by atoms with van der Waals surface area (Å²) in [5.74, 6) is 0.352. The Balaban J connectivity index is 1.65. The number of thioether (sulfide) groups is 1. The highest BCUT2D eigenvalue weighted by atomic mass is 32.2. The van der Waals surface area contributed by atoms with Gasteiger partial charge < -0.3 is 14.2 Å². The molecule has 0 spiro atoms. The largest absolute Gasteiger partial charge is 0.435 e. The van der Waals surface area contributed by atoms with E-state index in [2.05, 4.69) is 0 Å². The minimum absolute atomic E-state index is 0.0573. The highest BCUT2D eigenvalue weighted by Crippen LogP contribution is 2.26. The third kappa shape index (κ3) is 4.33. The van der Waals surface area contributed by atoms with Crippen molar-refractivity contribution >= 4 is 17.7 Å². The lowest BCUT2D eigenvalue weighted by Crippen LogP contribution is -2.20. The Morgan fingerprint density at radius 3 is 2.94 bits per heavy atom. The fraction of sp³-hybridized carbons (Fsp3) is 0.462. The minimum atomic E-state index is -0.433. The number of benzene rings is 1. The molecule has 4 nitrogen and oxygen atoms in total. The second kappa shape index (κ2) is 6.78. The van der Waals surface area contributed by atoms with Crippen molar-refractivity contribution < 1.29 is 19.0 Å². The van der Waals surface area contributed by atoms with Gasteiger partial charge in [-0.1, -0.05) is 30.3 Å². The van der Waals surface area contributed by atoms with Crippen LogP contribution in [0.1, 0.15) is 12.5 Å². The Kier molecular flexibility index (Phi) is 5.04. The van der Waals surface area contributed by atoms with Gasteiger partial charge in [-0.25, -0.2) is 0 Å². The van der Waals surface area contributed by atoms with Crippen LogP contribution >= 0.6 is 11.8 Å². The molecular weight excluding hydrogens is 252 g/mol. The van der Waals surface area contributed by atoms with Gasteiger partial charge in [-0.05, 0) is 5.56 Å². The van der Waals surface area contributed by atoms with E-state index in [4.69, 9.17) is 14.2 Å². The first-order chi connectivity index (χ1) is 8.74. The van der Waals surface area contributed by atoms with Gasteiger partial charge in [0.25, 0.3) is 0 Å². The lowest BCUT2D eigenvalue weighted by atomic mass is 10.2. The molecule has 1 aromatic carbocycles. The third-order valence-electron chi connectivity index (χ3n) is 2.38. The van der Waals surface area contributed by atoms with Gasteiger partial charge in [0.1, 0.15) is 5.44 Å². The van der Waals surface area contributed by atoms with E-state index in [-0.39, 0.29) is 11.4 Å². The fourth-order valence-corrected chi connectivity index (χ4v) is 2.53. The number of rotatable bonds is 5. The van der Waals surface area contributed by atoms with Crippen LogP contribution in [0, 0.1) is 0 Å². The highest BCUT2D eigenvalue weighted by Gasteiger charge is 2.27. The molecule has 98 valence electrons. The van der Waals surface area contributed by atoms with Crippen LogP contribution in [-0.2, 0) is 25.6 Å². The molecule has 2 rings (SSSR count). The van der Waals surface area contributed by atoms with Crippen LogP contribution in [-0.4, -0.2) is 30.1 Å². The first-order valence-electron chi connectivity index (χ1n) is 5.80. The van der Waals surface area contributed by atoms with Crippen molar-refractivity contribution in [2.45, 2.75) is 25.3 Å². The molecule has 1 aromatic rings. The Labute approximate surface area is 111 Å². The monoisotopic (exact) mass is 268 g/mol. The molecule has 0 amide bonds. The predicted molar refractivity (Wildman–Crippen MR) is 69.0 cm³/mol. The van der Waals surface area contributed by atoms with Gasteiger partial charge in [0.2, 0.25) is 6.29 Å². The van der Waals surface area contributed by atoms with Crippen molar-refractivity contribution in [3.63, 3.8) is 0 Å². The first-order valence-corrected chi connectivity index (χ1v) is 6.85. The maximum atomic E-state index is 10.8. The molecule has 1 fully saturated rings. The van der Waals surface area contributed by atoms with Gasteiger partial charge in [0, 0.05) is 6.92 Å². The second-order valence-corrected chi connectivity index (χ2v) is 5.13. The van der Waals surface area contributed by atoms with Gasteiger partial charge in [-0.2, -0.15) is 0 Å². The van der Waals surface area contributed by atoms with E-state index in [0.717, 1.165) is 5.56 Å². The first kappa shape index (κ1) is 13.4. The molecule has 0 N–H and O–H groups in total. The van der Waals surface area contributed by atoms with Crippen LogP contribution in [0.4, 0.5) is 0 Å². The lowest BCUT2D eigenvalue weighted by Gasteiger charge is -2.12. The molecule has 0 aliphatic carbocycles. The van der Waals surface area contributed by atoms with Crippen LogP contribution in [0.25, 0.3) is 0 Å². The zero-order valence-electron chi connectivity index (χ0n) is 10.2. The summed E-state index contributed by atoms with van der Waals surface area (Å²) in [7, 11) is 0. The average molecular weight is 268 g/mol. The summed E-state index contributed by atoms with van der Waals surface area (Å²) >= 11 is 1.60. The van der Waals surface area contributed by atoms with Crippen molar-refractivity contribution in [1.29, 1.82) is 0 Å². The summed E-state index contributed by atoms with van der Waals surface area (Å²) in [6, 6.07) is 9.98. The molecule has 0 unspecified atom stereocenters. The van der Waals surface area contributed by atoms with E-state index in [9.17, 15) is 4.79 Å². The van der Waals surface area contributed by atoms with Gasteiger partial charge in [0.05, 0.1) is 19.0 Å². The molecule has 0 radical (unpaired) electrons. The van der Waals surface area contributed by atoms with Crippen LogP contribution in [0.5, 0.6) is 0 Å². The third-order valence-corrected chi connectivity index (χ3v) is 3.47. The second-order valence-electron chi connectivity index (χ2n) is 3.94. The van der Waals surface area contributed by atoms with Gasteiger partial charge in [-0.3, -0.25) is 4.79 Å². The SMILES string of the molecule is CC(=O)O[C@H]1CS[C@@H](COCc2ccccc2)O1. The number of hydrogen-bond donors (Lipinski definition) is 0. The van der Waals surface area contributed by atoms with Crippen LogP contribution in [0.3, 0.4) is 0 Å². The molecule has 18 heavy (non-hydrogen) atoms. The average Bonchev–Trinajstić information content (AvgIpc) is 2.77. The molecule has 0 aromatic heterocycles. The number of hydrogen-bond acceptors (Lipinski definition) is 5. The Morgan fingerprint density at radius 2 is 2.22 bits per heavy atom. The lowest BCUT2D eigenvalue weighted by molar-refractivity contribution is -0.173. The Bertz CT molecular complexity index is 382. The number of esters is 1. The molecule has 0 saturated carbocycles. The van der Waals surface area contributed by atoms with Gasteiger partial charge >= 0.3 is 5.97 Å². The number of carbonyl (C=O) groups excluding carboxylic acids is 1. The van der Waals surface area contributed by atoms with E-state index in [1.54, 1.807) is 11.8 Å². The summed E-state index contributed by atoms with van der Waals surface area (Å²) in [6.07, 6.45) is -0.433. The van der Waals surface area contributed by atoms with Crippen molar-refractivity contribution in [1.82, 2.24) is 0 Å². The van der Waals surface area contributed by atoms with E-state index in [0.29, 0.717) is 19.0 Å². The van der Waals surface area contributed by atoms with E-state index < -0.39 is 6.29 Å². The summed E-state index contributed by atoms with van der Waals surface area (Å²) in [4.78, 5) is 10.8. The maximum Gasteiger partial charge on any atom is 0.304 e. The molecule has 1 aliphatic heterocycles. The Morgan fingerprint density at radius 1 is 1.44 bits per heavy atom. The summed E-state index contributed by atoms with van der Waals surface area (Å²) < 4.78 is 16.0. The Hall–Kier alpha value is -1.04. The number of carbonyl (C=O) groups is 1. The maximum absolute atomic E-state index is 10.8. The summed E-state index contributed by atoms with van der Waals surface area (Å²) in [5.41, 5.74) is 1.08. The normalized spacial score (nSPS) is 22.9. The molecule has 1 heterocycles. The highest BCUT2D eigenvalue weighted by molar-refractivity contribution is 8.00. The quantitative estimate of drug-likeness (QED) is 0.766. The van der Waals surface area contributed by atoms with E-state index in [1.807, 2.05) is 30.3 Å². The van der Waals surface area contributed by atoms with Crippen molar-refractivity contribution in [2.24, 2.45) is 0 Å². The zero-order chi connectivity index (χ0) is 12.8. The summed E-state index contributed by atoms with van der Waals surface area (Å²) in [6.45, 7) is 2.45. The van der Waals surface area contributed by atoms with Crippen molar-refractivity contribution in [2.75, 3.05) is 12.4 Å². The van der Waals surface area contributed by atoms with Crippen molar-refractivity contribution in [3.05, 3.63) is 35.9 Å². The molecule has 1 aliphatic rings. The van der Waals surface area contributed by atoms with Crippen LogP contribution < -0.4 is 0 Å². The smallest absolute Gasteiger partial charge is 0.304 e. The minimum Gasteiger partial charge on any atom is -0.435 e. The molecule has 2 atom stereocenters. The topological polar surface area (TPSA) is 44.8 Å². The van der Waals surface area contributed by atoms with Gasteiger partial charge in [0.15, 0.2) is 0 Å². The molecular formula is C13H16O4S. The van der Waals surface area contributed by atoms with Crippen LogP contribution in [0.15, 0.2) is 30.3 Å². The van der Waals surface area contributed by atoms with Crippen LogP contribution in [0.2, 0.25) is 0 Å². The molecule has 1 saturated heterocycles. The summed E-state index contributed by atoms with van der Waals surface area (Å²) in [5, 5.41) is 0. The van der Waals surface area contributed by atoms with E-state index >= 15 is 0 Å². The zero-order valence-corrected chi connectivity index (χ0v) is 11.0. The molecule has 0 bridgehead atoms. The predicted octanol–water partition coefficient (Wildman–Crippen LogP) is 2.18. The fourth-order valence-electron chi connectivity index (χ4n) is 1.62. The van der Waals surface area contributed by atoms with E-state index in [1.165, 1.54) is 6.92 Å².